The maximum absolute atomic E-state index is 5.35. The number of hydrogen-bond acceptors (Lipinski definition) is 4. The summed E-state index contributed by atoms with van der Waals surface area (Å²) < 4.78 is 7.76. The van der Waals surface area contributed by atoms with E-state index >= 15 is 0 Å². The Bertz CT molecular complexity index is 457. The van der Waals surface area contributed by atoms with Gasteiger partial charge in [-0.2, -0.15) is 0 Å². The molecule has 3 rings (SSSR count). The molecule has 0 bridgehead atoms. The number of benzene rings is 1. The van der Waals surface area contributed by atoms with Crippen LogP contribution < -0.4 is 0 Å². The van der Waals surface area contributed by atoms with E-state index in [9.17, 15) is 0 Å². The van der Waals surface area contributed by atoms with Crippen molar-refractivity contribution in [2.45, 2.75) is 16.9 Å². The van der Waals surface area contributed by atoms with Crippen LogP contribution in [0.15, 0.2) is 28.6 Å². The predicted molar refractivity (Wildman–Crippen MR) is 64.7 cm³/mol. The molecule has 0 amide bonds. The fraction of sp³-hybridized carbons (Fsp3) is 0.364. The van der Waals surface area contributed by atoms with Crippen LogP contribution in [0.5, 0.6) is 0 Å². The number of para-hydroxylation sites is 1. The summed E-state index contributed by atoms with van der Waals surface area (Å²) in [6, 6.07) is 8.26. The van der Waals surface area contributed by atoms with Gasteiger partial charge in [0.2, 0.25) is 0 Å². The largest absolute Gasteiger partial charge is 0.369 e. The molecule has 0 N–H and O–H groups in total. The highest BCUT2D eigenvalue weighted by Crippen LogP contribution is 2.36. The molecule has 1 aliphatic rings. The van der Waals surface area contributed by atoms with Crippen molar-refractivity contribution in [2.75, 3.05) is 12.4 Å². The molecule has 2 aromatic rings. The van der Waals surface area contributed by atoms with Crippen LogP contribution in [0.3, 0.4) is 0 Å². The van der Waals surface area contributed by atoms with Crippen molar-refractivity contribution in [3.05, 3.63) is 24.3 Å². The van der Waals surface area contributed by atoms with Crippen molar-refractivity contribution in [3.8, 4) is 0 Å². The van der Waals surface area contributed by atoms with Crippen LogP contribution in [-0.2, 0) is 4.74 Å². The average molecular weight is 237 g/mol. The summed E-state index contributed by atoms with van der Waals surface area (Å²) in [5, 5.41) is 0. The van der Waals surface area contributed by atoms with E-state index < -0.39 is 0 Å². The summed E-state index contributed by atoms with van der Waals surface area (Å²) in [4.78, 5) is 4.57. The first-order valence-corrected chi connectivity index (χ1v) is 6.68. The van der Waals surface area contributed by atoms with E-state index in [0.29, 0.717) is 0 Å². The van der Waals surface area contributed by atoms with Gasteiger partial charge in [0.25, 0.3) is 0 Å². The van der Waals surface area contributed by atoms with E-state index in [4.69, 9.17) is 4.74 Å². The molecular formula is C11H11NOS2. The maximum Gasteiger partial charge on any atom is 0.151 e. The smallest absolute Gasteiger partial charge is 0.151 e. The number of aromatic nitrogens is 1. The lowest BCUT2D eigenvalue weighted by Crippen LogP contribution is -2.07. The molecule has 1 atom stereocenters. The van der Waals surface area contributed by atoms with Crippen molar-refractivity contribution >= 4 is 33.3 Å². The van der Waals surface area contributed by atoms with Gasteiger partial charge in [-0.15, -0.1) is 11.3 Å². The second-order valence-electron chi connectivity index (χ2n) is 3.97. The van der Waals surface area contributed by atoms with Gasteiger partial charge < -0.3 is 4.74 Å². The molecule has 15 heavy (non-hydrogen) atoms. The van der Waals surface area contributed by atoms with Crippen molar-refractivity contribution in [1.29, 1.82) is 0 Å². The Hall–Kier alpha value is -0.580. The summed E-state index contributed by atoms with van der Waals surface area (Å²) in [5.74, 6) is 1.01. The summed E-state index contributed by atoms with van der Waals surface area (Å²) in [6.45, 7) is 3.04. The van der Waals surface area contributed by atoms with Gasteiger partial charge in [-0.05, 0) is 19.1 Å². The molecule has 2 nitrogen and oxygen atoms in total. The quantitative estimate of drug-likeness (QED) is 0.605. The van der Waals surface area contributed by atoms with Gasteiger partial charge in [0.15, 0.2) is 4.34 Å². The highest BCUT2D eigenvalue weighted by atomic mass is 32.2. The van der Waals surface area contributed by atoms with Crippen LogP contribution in [0, 0.1) is 0 Å². The van der Waals surface area contributed by atoms with Crippen molar-refractivity contribution < 1.29 is 4.74 Å². The van der Waals surface area contributed by atoms with E-state index in [1.54, 1.807) is 23.1 Å². The predicted octanol–water partition coefficient (Wildman–Crippen LogP) is 3.18. The second-order valence-corrected chi connectivity index (χ2v) is 6.23. The molecule has 0 aliphatic carbocycles. The molecule has 4 heteroatoms. The van der Waals surface area contributed by atoms with Gasteiger partial charge in [-0.25, -0.2) is 4.98 Å². The lowest BCUT2D eigenvalue weighted by molar-refractivity contribution is 0.348. The molecule has 1 aromatic carbocycles. The van der Waals surface area contributed by atoms with Crippen molar-refractivity contribution in [2.24, 2.45) is 0 Å². The number of thiazole rings is 1. The number of hydrogen-bond donors (Lipinski definition) is 0. The Morgan fingerprint density at radius 2 is 2.33 bits per heavy atom. The van der Waals surface area contributed by atoms with Crippen LogP contribution in [0.2, 0.25) is 0 Å². The number of rotatable bonds is 3. The molecule has 0 saturated carbocycles. The van der Waals surface area contributed by atoms with Gasteiger partial charge in [-0.3, -0.25) is 0 Å². The third-order valence-corrected chi connectivity index (χ3v) is 4.94. The molecule has 2 heterocycles. The lowest BCUT2D eigenvalue weighted by atomic mass is 10.3. The van der Waals surface area contributed by atoms with E-state index in [-0.39, 0.29) is 5.60 Å². The minimum absolute atomic E-state index is 0.114. The Balaban J connectivity index is 1.79. The number of fused-ring (bicyclic) bond motifs is 1. The van der Waals surface area contributed by atoms with Crippen LogP contribution in [0.25, 0.3) is 10.2 Å². The first-order valence-electron chi connectivity index (χ1n) is 4.88. The van der Waals surface area contributed by atoms with Crippen LogP contribution in [0.1, 0.15) is 6.92 Å². The number of epoxide rings is 1. The summed E-state index contributed by atoms with van der Waals surface area (Å²) >= 11 is 3.56. The van der Waals surface area contributed by atoms with Crippen molar-refractivity contribution in [1.82, 2.24) is 4.98 Å². The molecule has 0 radical (unpaired) electrons. The third-order valence-electron chi connectivity index (χ3n) is 2.41. The van der Waals surface area contributed by atoms with Gasteiger partial charge in [0.05, 0.1) is 22.4 Å². The fourth-order valence-corrected chi connectivity index (χ4v) is 3.47. The molecular weight excluding hydrogens is 226 g/mol. The van der Waals surface area contributed by atoms with Gasteiger partial charge in [0.1, 0.15) is 0 Å². The van der Waals surface area contributed by atoms with E-state index in [1.807, 2.05) is 6.07 Å². The summed E-state index contributed by atoms with van der Waals surface area (Å²) in [5.41, 5.74) is 1.22. The van der Waals surface area contributed by atoms with E-state index in [2.05, 4.69) is 30.1 Å². The van der Waals surface area contributed by atoms with Crippen molar-refractivity contribution in [3.63, 3.8) is 0 Å². The normalized spacial score (nSPS) is 24.6. The van der Waals surface area contributed by atoms with Crippen LogP contribution >= 0.6 is 23.1 Å². The number of ether oxygens (including phenoxy) is 1. The molecule has 1 aromatic heterocycles. The third kappa shape index (κ3) is 2.02. The molecule has 1 saturated heterocycles. The van der Waals surface area contributed by atoms with Crippen LogP contribution in [0.4, 0.5) is 0 Å². The van der Waals surface area contributed by atoms with Crippen LogP contribution in [-0.4, -0.2) is 22.9 Å². The monoisotopic (exact) mass is 237 g/mol. The Morgan fingerprint density at radius 1 is 1.53 bits per heavy atom. The highest BCUT2D eigenvalue weighted by Gasteiger charge is 2.39. The average Bonchev–Trinajstić information content (AvgIpc) is 2.83. The van der Waals surface area contributed by atoms with Gasteiger partial charge in [0, 0.05) is 5.75 Å². The SMILES string of the molecule is CC1(CSc2nc3ccccc3s2)CO1. The second kappa shape index (κ2) is 3.47. The number of thioether (sulfide) groups is 1. The molecule has 1 aliphatic heterocycles. The zero-order chi connectivity index (χ0) is 10.3. The lowest BCUT2D eigenvalue weighted by Gasteiger charge is -2.00. The standard InChI is InChI=1S/C11H11NOS2/c1-11(6-13-11)7-14-10-12-8-4-2-3-5-9(8)15-10/h2-5H,6-7H2,1H3. The minimum Gasteiger partial charge on any atom is -0.369 e. The molecule has 1 fully saturated rings. The zero-order valence-electron chi connectivity index (χ0n) is 8.40. The minimum atomic E-state index is 0.114. The molecule has 0 spiro atoms. The zero-order valence-corrected chi connectivity index (χ0v) is 10.0. The first-order chi connectivity index (χ1) is 7.25. The Kier molecular flexibility index (Phi) is 2.23. The Morgan fingerprint density at radius 3 is 3.07 bits per heavy atom. The fourth-order valence-electron chi connectivity index (χ4n) is 1.33. The molecule has 1 unspecified atom stereocenters. The summed E-state index contributed by atoms with van der Waals surface area (Å²) in [7, 11) is 0. The van der Waals surface area contributed by atoms with Gasteiger partial charge in [-0.1, -0.05) is 23.9 Å². The first kappa shape index (κ1) is 9.63. The molecule has 78 valence electrons. The highest BCUT2D eigenvalue weighted by molar-refractivity contribution is 8.01. The van der Waals surface area contributed by atoms with E-state index in [0.717, 1.165) is 22.2 Å². The topological polar surface area (TPSA) is 25.4 Å². The Labute approximate surface area is 96.7 Å². The summed E-state index contributed by atoms with van der Waals surface area (Å²) in [6.07, 6.45) is 0. The number of nitrogens with zero attached hydrogens (tertiary/aromatic N) is 1. The maximum atomic E-state index is 5.35. The van der Waals surface area contributed by atoms with E-state index in [1.165, 1.54) is 4.70 Å². The van der Waals surface area contributed by atoms with Gasteiger partial charge >= 0.3 is 0 Å².